The van der Waals surface area contributed by atoms with Gasteiger partial charge in [-0.1, -0.05) is 59.8 Å². The summed E-state index contributed by atoms with van der Waals surface area (Å²) in [7, 11) is 0. The first-order valence-electron chi connectivity index (χ1n) is 9.78. The lowest BCUT2D eigenvalue weighted by Crippen LogP contribution is -2.47. The molecule has 142 valence electrons. The number of nitrogens with one attached hydrogen (secondary N) is 1. The lowest BCUT2D eigenvalue weighted by atomic mass is 9.82. The molecule has 0 bridgehead atoms. The number of rotatable bonds is 9. The zero-order valence-electron chi connectivity index (χ0n) is 16.4. The van der Waals surface area contributed by atoms with E-state index in [-0.39, 0.29) is 18.4 Å². The molecule has 0 heterocycles. The van der Waals surface area contributed by atoms with Gasteiger partial charge >= 0.3 is 0 Å². The van der Waals surface area contributed by atoms with Crippen LogP contribution in [0, 0.1) is 35.0 Å². The molecule has 1 rings (SSSR count). The predicted octanol–water partition coefficient (Wildman–Crippen LogP) is 3.35. The van der Waals surface area contributed by atoms with Gasteiger partial charge in [-0.3, -0.25) is 9.59 Å². The second-order valence-electron chi connectivity index (χ2n) is 8.20. The Morgan fingerprint density at radius 3 is 2.12 bits per heavy atom. The van der Waals surface area contributed by atoms with Crippen LogP contribution in [-0.4, -0.2) is 36.3 Å². The number of carbonyl (C=O) groups excluding carboxylic acids is 2. The summed E-state index contributed by atoms with van der Waals surface area (Å²) in [6.07, 6.45) is 6.44. The standard InChI is InChI=1S/C20H35N3O2/c1-15(2)13-23(14-16(3)4)20(25)18(19(24)22-11-10-21)12-17-8-6-5-7-9-17/h15-18H,5-9,11-14H2,1-4H3,(H,22,24). The van der Waals surface area contributed by atoms with Crippen LogP contribution in [-0.2, 0) is 9.59 Å². The number of hydrogen-bond donors (Lipinski definition) is 1. The normalized spacial score (nSPS) is 16.5. The molecule has 5 heteroatoms. The van der Waals surface area contributed by atoms with E-state index in [0.717, 1.165) is 12.8 Å². The minimum Gasteiger partial charge on any atom is -0.342 e. The lowest BCUT2D eigenvalue weighted by Gasteiger charge is -2.32. The van der Waals surface area contributed by atoms with Crippen molar-refractivity contribution >= 4 is 11.8 Å². The van der Waals surface area contributed by atoms with Crippen molar-refractivity contribution in [2.24, 2.45) is 23.7 Å². The third-order valence-electron chi connectivity index (χ3n) is 4.73. The zero-order chi connectivity index (χ0) is 18.8. The summed E-state index contributed by atoms with van der Waals surface area (Å²) in [6.45, 7) is 9.66. The first-order chi connectivity index (χ1) is 11.8. The molecule has 1 N–H and O–H groups in total. The first kappa shape index (κ1) is 21.5. The van der Waals surface area contributed by atoms with Crippen molar-refractivity contribution in [1.82, 2.24) is 10.2 Å². The van der Waals surface area contributed by atoms with Crippen LogP contribution in [0.2, 0.25) is 0 Å². The summed E-state index contributed by atoms with van der Waals surface area (Å²) in [5.74, 6) is 0.155. The summed E-state index contributed by atoms with van der Waals surface area (Å²) < 4.78 is 0. The number of nitriles is 1. The molecular weight excluding hydrogens is 314 g/mol. The summed E-state index contributed by atoms with van der Waals surface area (Å²) >= 11 is 0. The largest absolute Gasteiger partial charge is 0.342 e. The molecule has 2 amide bonds. The van der Waals surface area contributed by atoms with Crippen LogP contribution in [0.25, 0.3) is 0 Å². The van der Waals surface area contributed by atoms with Crippen LogP contribution < -0.4 is 5.32 Å². The summed E-state index contributed by atoms with van der Waals surface area (Å²) in [6, 6.07) is 1.93. The van der Waals surface area contributed by atoms with Crippen LogP contribution in [0.1, 0.15) is 66.2 Å². The Kier molecular flexibility index (Phi) is 9.55. The fourth-order valence-electron chi connectivity index (χ4n) is 3.68. The Balaban J connectivity index is 2.90. The van der Waals surface area contributed by atoms with E-state index in [0.29, 0.717) is 37.3 Å². The number of carbonyl (C=O) groups is 2. The molecule has 1 aliphatic rings. The van der Waals surface area contributed by atoms with E-state index in [4.69, 9.17) is 5.26 Å². The van der Waals surface area contributed by atoms with Gasteiger partial charge in [0.15, 0.2) is 0 Å². The molecule has 25 heavy (non-hydrogen) atoms. The van der Waals surface area contributed by atoms with Gasteiger partial charge in [-0.25, -0.2) is 0 Å². The van der Waals surface area contributed by atoms with E-state index in [1.54, 1.807) is 0 Å². The molecule has 1 fully saturated rings. The van der Waals surface area contributed by atoms with Gasteiger partial charge in [0.05, 0.1) is 6.07 Å². The van der Waals surface area contributed by atoms with Crippen molar-refractivity contribution in [3.05, 3.63) is 0 Å². The first-order valence-corrected chi connectivity index (χ1v) is 9.78. The van der Waals surface area contributed by atoms with Crippen LogP contribution in [0.3, 0.4) is 0 Å². The van der Waals surface area contributed by atoms with E-state index in [2.05, 4.69) is 33.0 Å². The zero-order valence-corrected chi connectivity index (χ0v) is 16.4. The molecule has 1 atom stereocenters. The highest BCUT2D eigenvalue weighted by Crippen LogP contribution is 2.30. The van der Waals surface area contributed by atoms with Gasteiger partial charge in [-0.05, 0) is 24.2 Å². The minimum atomic E-state index is -0.658. The maximum atomic E-state index is 13.2. The lowest BCUT2D eigenvalue weighted by molar-refractivity contribution is -0.144. The molecule has 0 aromatic carbocycles. The molecule has 0 aromatic rings. The summed E-state index contributed by atoms with van der Waals surface area (Å²) in [5, 5.41) is 11.4. The van der Waals surface area contributed by atoms with Crippen molar-refractivity contribution in [2.45, 2.75) is 66.2 Å². The smallest absolute Gasteiger partial charge is 0.235 e. The SMILES string of the molecule is CC(C)CN(CC(C)C)C(=O)C(CC1CCCCC1)C(=O)NCC#N. The Bertz CT molecular complexity index is 452. The molecule has 1 unspecified atom stereocenters. The maximum Gasteiger partial charge on any atom is 0.235 e. The van der Waals surface area contributed by atoms with E-state index in [9.17, 15) is 9.59 Å². The van der Waals surface area contributed by atoms with E-state index >= 15 is 0 Å². The van der Waals surface area contributed by atoms with Crippen molar-refractivity contribution in [3.8, 4) is 6.07 Å². The second-order valence-corrected chi connectivity index (χ2v) is 8.20. The Labute approximate surface area is 153 Å². The quantitative estimate of drug-likeness (QED) is 0.512. The van der Waals surface area contributed by atoms with Crippen molar-refractivity contribution in [3.63, 3.8) is 0 Å². The van der Waals surface area contributed by atoms with E-state index in [1.165, 1.54) is 19.3 Å². The third kappa shape index (κ3) is 7.90. The average molecular weight is 350 g/mol. The van der Waals surface area contributed by atoms with E-state index in [1.807, 2.05) is 11.0 Å². The fraction of sp³-hybridized carbons (Fsp3) is 0.850. The fourth-order valence-corrected chi connectivity index (χ4v) is 3.68. The van der Waals surface area contributed by atoms with Gasteiger partial charge in [0.2, 0.25) is 11.8 Å². The molecule has 0 saturated heterocycles. The molecule has 1 saturated carbocycles. The molecule has 0 aliphatic heterocycles. The Hall–Kier alpha value is -1.57. The van der Waals surface area contributed by atoms with Crippen LogP contribution in [0.4, 0.5) is 0 Å². The van der Waals surface area contributed by atoms with Gasteiger partial charge in [0.1, 0.15) is 12.5 Å². The Morgan fingerprint density at radius 2 is 1.64 bits per heavy atom. The topological polar surface area (TPSA) is 73.2 Å². The maximum absolute atomic E-state index is 13.2. The number of amides is 2. The highest BCUT2D eigenvalue weighted by Gasteiger charge is 2.33. The summed E-state index contributed by atoms with van der Waals surface area (Å²) in [5.41, 5.74) is 0. The second kappa shape index (κ2) is 11.1. The van der Waals surface area contributed by atoms with Crippen molar-refractivity contribution < 1.29 is 9.59 Å². The van der Waals surface area contributed by atoms with Gasteiger partial charge < -0.3 is 10.2 Å². The van der Waals surface area contributed by atoms with Gasteiger partial charge in [-0.2, -0.15) is 5.26 Å². The van der Waals surface area contributed by atoms with Crippen molar-refractivity contribution in [1.29, 1.82) is 5.26 Å². The molecule has 0 spiro atoms. The minimum absolute atomic E-state index is 0.0400. The number of nitrogens with zero attached hydrogens (tertiary/aromatic N) is 2. The van der Waals surface area contributed by atoms with Crippen LogP contribution in [0.5, 0.6) is 0 Å². The average Bonchev–Trinajstić information content (AvgIpc) is 2.56. The van der Waals surface area contributed by atoms with Gasteiger partial charge in [-0.15, -0.1) is 0 Å². The highest BCUT2D eigenvalue weighted by atomic mass is 16.2. The van der Waals surface area contributed by atoms with Gasteiger partial charge in [0.25, 0.3) is 0 Å². The van der Waals surface area contributed by atoms with Crippen molar-refractivity contribution in [2.75, 3.05) is 19.6 Å². The Morgan fingerprint density at radius 1 is 1.08 bits per heavy atom. The van der Waals surface area contributed by atoms with Gasteiger partial charge in [0, 0.05) is 13.1 Å². The molecule has 5 nitrogen and oxygen atoms in total. The monoisotopic (exact) mass is 349 g/mol. The number of hydrogen-bond acceptors (Lipinski definition) is 3. The highest BCUT2D eigenvalue weighted by molar-refractivity contribution is 6.00. The molecule has 0 aromatic heterocycles. The van der Waals surface area contributed by atoms with Crippen LogP contribution >= 0.6 is 0 Å². The third-order valence-corrected chi connectivity index (χ3v) is 4.73. The molecule has 0 radical (unpaired) electrons. The van der Waals surface area contributed by atoms with Crippen LogP contribution in [0.15, 0.2) is 0 Å². The molecule has 1 aliphatic carbocycles. The molecular formula is C20H35N3O2. The van der Waals surface area contributed by atoms with E-state index < -0.39 is 5.92 Å². The predicted molar refractivity (Wildman–Crippen MR) is 99.6 cm³/mol. The summed E-state index contributed by atoms with van der Waals surface area (Å²) in [4.78, 5) is 27.6.